The predicted octanol–water partition coefficient (Wildman–Crippen LogP) is 5.24. The number of aliphatic hydroxyl groups is 1. The highest BCUT2D eigenvalue weighted by atomic mass is 32.1. The molecule has 45 heavy (non-hydrogen) atoms. The Morgan fingerprint density at radius 3 is 2.67 bits per heavy atom. The van der Waals surface area contributed by atoms with Gasteiger partial charge in [-0.2, -0.15) is 0 Å². The van der Waals surface area contributed by atoms with Crippen LogP contribution in [0.5, 0.6) is 0 Å². The number of rotatable bonds is 9. The van der Waals surface area contributed by atoms with Gasteiger partial charge in [0.15, 0.2) is 0 Å². The first-order chi connectivity index (χ1) is 21.4. The maximum Gasteiger partial charge on any atom is 0.274 e. The third kappa shape index (κ3) is 6.29. The van der Waals surface area contributed by atoms with Gasteiger partial charge in [0.1, 0.15) is 17.3 Å². The summed E-state index contributed by atoms with van der Waals surface area (Å²) < 4.78 is 16.9. The fourth-order valence-electron chi connectivity index (χ4n) is 6.69. The first-order valence-electron chi connectivity index (χ1n) is 15.5. The van der Waals surface area contributed by atoms with E-state index < -0.39 is 0 Å². The van der Waals surface area contributed by atoms with Gasteiger partial charge < -0.3 is 30.1 Å². The lowest BCUT2D eigenvalue weighted by Crippen LogP contribution is -2.31. The van der Waals surface area contributed by atoms with E-state index in [1.807, 2.05) is 44.6 Å². The van der Waals surface area contributed by atoms with Crippen LogP contribution in [0, 0.1) is 11.2 Å². The summed E-state index contributed by atoms with van der Waals surface area (Å²) in [6, 6.07) is 8.34. The number of aliphatic hydroxyl groups excluding tert-OH is 1. The molecule has 6 rings (SSSR count). The molecule has 1 unspecified atom stereocenters. The molecule has 0 radical (unpaired) electrons. The van der Waals surface area contributed by atoms with Gasteiger partial charge >= 0.3 is 0 Å². The summed E-state index contributed by atoms with van der Waals surface area (Å²) >= 11 is 1.84. The molecule has 0 fully saturated rings. The summed E-state index contributed by atoms with van der Waals surface area (Å²) in [4.78, 5) is 24.7. The Morgan fingerprint density at radius 1 is 1.16 bits per heavy atom. The number of anilines is 3. The first kappa shape index (κ1) is 31.4. The monoisotopic (exact) mass is 630 g/mol. The molecule has 10 heteroatoms. The maximum atomic E-state index is 15.4. The van der Waals surface area contributed by atoms with E-state index in [1.165, 1.54) is 31.5 Å². The van der Waals surface area contributed by atoms with Crippen LogP contribution >= 0.6 is 11.3 Å². The van der Waals surface area contributed by atoms with Crippen LogP contribution in [0.2, 0.25) is 0 Å². The van der Waals surface area contributed by atoms with Crippen molar-refractivity contribution in [2.24, 2.45) is 12.5 Å². The molecule has 2 aliphatic rings. The molecule has 4 aromatic rings. The molecule has 3 N–H and O–H groups in total. The van der Waals surface area contributed by atoms with Gasteiger partial charge in [-0.15, -0.1) is 11.3 Å². The Labute approximate surface area is 268 Å². The third-order valence-electron chi connectivity index (χ3n) is 9.06. The number of thiophene rings is 1. The molecular formula is C35H43FN6O2S. The minimum atomic E-state index is -0.379. The van der Waals surface area contributed by atoms with Crippen molar-refractivity contribution in [3.8, 4) is 11.1 Å². The number of aromatic nitrogens is 2. The molecular weight excluding hydrogens is 587 g/mol. The minimum Gasteiger partial charge on any atom is -0.392 e. The zero-order valence-electron chi connectivity index (χ0n) is 27.0. The van der Waals surface area contributed by atoms with E-state index in [0.717, 1.165) is 50.1 Å². The number of hydrogen-bond donors (Lipinski definition) is 3. The van der Waals surface area contributed by atoms with Crippen LogP contribution in [0.15, 0.2) is 47.5 Å². The van der Waals surface area contributed by atoms with Crippen molar-refractivity contribution < 1.29 is 9.50 Å². The number of likely N-dealkylation sites (N-methyl/N-ethyl adjacent to an activating group) is 2. The number of aryl methyl sites for hydroxylation is 1. The van der Waals surface area contributed by atoms with Crippen LogP contribution in [-0.2, 0) is 32.9 Å². The Hall–Kier alpha value is -3.57. The fourth-order valence-corrected chi connectivity index (χ4v) is 8.41. The van der Waals surface area contributed by atoms with E-state index in [2.05, 4.69) is 39.3 Å². The second-order valence-electron chi connectivity index (χ2n) is 13.5. The summed E-state index contributed by atoms with van der Waals surface area (Å²) in [5, 5.41) is 17.5. The second-order valence-corrected chi connectivity index (χ2v) is 14.6. The largest absolute Gasteiger partial charge is 0.392 e. The Kier molecular flexibility index (Phi) is 8.60. The highest BCUT2D eigenvalue weighted by molar-refractivity contribution is 7.12. The summed E-state index contributed by atoms with van der Waals surface area (Å²) in [6.07, 6.45) is 6.57. The first-order valence-corrected chi connectivity index (χ1v) is 16.4. The summed E-state index contributed by atoms with van der Waals surface area (Å²) in [5.74, 6) is 0.152. The molecule has 0 saturated carbocycles. The number of pyridine rings is 2. The van der Waals surface area contributed by atoms with Gasteiger partial charge in [0.05, 0.1) is 24.5 Å². The zero-order valence-corrected chi connectivity index (χ0v) is 27.8. The van der Waals surface area contributed by atoms with Gasteiger partial charge in [-0.1, -0.05) is 13.8 Å². The average molecular weight is 631 g/mol. The average Bonchev–Trinajstić information content (AvgIpc) is 3.49. The molecule has 4 heterocycles. The van der Waals surface area contributed by atoms with Crippen LogP contribution < -0.4 is 21.1 Å². The fraction of sp³-hybridized carbons (Fsp3) is 0.429. The van der Waals surface area contributed by atoms with E-state index in [1.54, 1.807) is 31.6 Å². The van der Waals surface area contributed by atoms with Crippen molar-refractivity contribution in [1.82, 2.24) is 19.8 Å². The Balaban J connectivity index is 1.34. The van der Waals surface area contributed by atoms with E-state index >= 15 is 4.39 Å². The molecule has 1 aromatic carbocycles. The highest BCUT2D eigenvalue weighted by Crippen LogP contribution is 2.48. The quantitative estimate of drug-likeness (QED) is 0.233. The lowest BCUT2D eigenvalue weighted by atomic mass is 9.86. The molecule has 1 aliphatic heterocycles. The molecule has 8 nitrogen and oxygen atoms in total. The third-order valence-corrected chi connectivity index (χ3v) is 10.4. The SMILES string of the molecule is CN(C)CCN(C)c1ccc(Nc2cc(-c3cc(F)cc(C4NCCc5c4sc4c5CC(C)(C)C4)c3CO)cn(C)c2=O)nc1. The molecule has 0 saturated heterocycles. The van der Waals surface area contributed by atoms with Gasteiger partial charge in [0, 0.05) is 55.2 Å². The molecule has 0 bridgehead atoms. The molecule has 1 aliphatic carbocycles. The van der Waals surface area contributed by atoms with Crippen LogP contribution in [-0.4, -0.2) is 60.3 Å². The normalized spacial score (nSPS) is 17.0. The topological polar surface area (TPSA) is 85.7 Å². The Bertz CT molecular complexity index is 1780. The van der Waals surface area contributed by atoms with Gasteiger partial charge in [-0.05, 0) is 96.9 Å². The van der Waals surface area contributed by atoms with Crippen LogP contribution in [0.4, 0.5) is 21.6 Å². The van der Waals surface area contributed by atoms with Gasteiger partial charge in [0.2, 0.25) is 0 Å². The summed E-state index contributed by atoms with van der Waals surface area (Å²) in [6.45, 7) is 6.96. The van der Waals surface area contributed by atoms with Crippen LogP contribution in [0.1, 0.15) is 51.9 Å². The van der Waals surface area contributed by atoms with Crippen molar-refractivity contribution in [3.05, 3.63) is 90.9 Å². The molecule has 238 valence electrons. The second kappa shape index (κ2) is 12.3. The van der Waals surface area contributed by atoms with Crippen molar-refractivity contribution >= 4 is 28.5 Å². The highest BCUT2D eigenvalue weighted by Gasteiger charge is 2.37. The van der Waals surface area contributed by atoms with Crippen molar-refractivity contribution in [2.75, 3.05) is 51.0 Å². The number of nitrogens with zero attached hydrogens (tertiary/aromatic N) is 4. The smallest absolute Gasteiger partial charge is 0.274 e. The number of halogens is 1. The van der Waals surface area contributed by atoms with Crippen molar-refractivity contribution in [1.29, 1.82) is 0 Å². The summed E-state index contributed by atoms with van der Waals surface area (Å²) in [5.41, 5.74) is 6.81. The van der Waals surface area contributed by atoms with Crippen LogP contribution in [0.25, 0.3) is 11.1 Å². The van der Waals surface area contributed by atoms with Gasteiger partial charge in [-0.3, -0.25) is 4.79 Å². The predicted molar refractivity (Wildman–Crippen MR) is 181 cm³/mol. The van der Waals surface area contributed by atoms with Gasteiger partial charge in [-0.25, -0.2) is 9.37 Å². The molecule has 1 atom stereocenters. The van der Waals surface area contributed by atoms with Gasteiger partial charge in [0.25, 0.3) is 5.56 Å². The lowest BCUT2D eigenvalue weighted by Gasteiger charge is -2.28. The minimum absolute atomic E-state index is 0.201. The molecule has 0 amide bonds. The number of benzene rings is 1. The number of hydrogen-bond acceptors (Lipinski definition) is 8. The van der Waals surface area contributed by atoms with E-state index in [9.17, 15) is 9.90 Å². The van der Waals surface area contributed by atoms with Crippen molar-refractivity contribution in [2.45, 2.75) is 45.8 Å². The zero-order chi connectivity index (χ0) is 32.0. The molecule has 3 aromatic heterocycles. The standard InChI is InChI=1S/C35H43FN6O2S/c1-35(2)16-27-24-9-10-37-32(33(24)45-30(27)17-35)26-15-22(36)14-25(28(26)20-43)21-13-29(34(44)42(6)19-21)39-31-8-7-23(18-38-31)41(5)12-11-40(3)4/h7-8,13-15,18-19,32,37,43H,9-12,16-17,20H2,1-6H3,(H,38,39). The van der Waals surface area contributed by atoms with E-state index in [-0.39, 0.29) is 29.4 Å². The van der Waals surface area contributed by atoms with E-state index in [4.69, 9.17) is 0 Å². The van der Waals surface area contributed by atoms with Crippen molar-refractivity contribution in [3.63, 3.8) is 0 Å². The lowest BCUT2D eigenvalue weighted by molar-refractivity contribution is 0.280. The van der Waals surface area contributed by atoms with Crippen LogP contribution in [0.3, 0.4) is 0 Å². The van der Waals surface area contributed by atoms with E-state index in [0.29, 0.717) is 28.2 Å². The molecule has 0 spiro atoms. The number of fused-ring (bicyclic) bond motifs is 3. The maximum absolute atomic E-state index is 15.4. The summed E-state index contributed by atoms with van der Waals surface area (Å²) in [7, 11) is 7.78. The Morgan fingerprint density at radius 2 is 1.96 bits per heavy atom. The number of nitrogens with one attached hydrogen (secondary N) is 2.